The van der Waals surface area contributed by atoms with Crippen LogP contribution in [0.3, 0.4) is 0 Å². The Labute approximate surface area is 217 Å². The molecule has 0 aliphatic carbocycles. The number of benzene rings is 3. The van der Waals surface area contributed by atoms with Crippen molar-refractivity contribution in [3.8, 4) is 17.2 Å². The monoisotopic (exact) mass is 516 g/mol. The highest BCUT2D eigenvalue weighted by atomic mass is 32.1. The van der Waals surface area contributed by atoms with Crippen LogP contribution in [0.4, 0.5) is 5.13 Å². The standard InChI is InChI=1S/C28H24N2O6S/c1-15-5-11-20-22(13-15)37-28(29-20)30-24(19-14-18(35-3)10-12-21(19)36-4)23(26(32)27(30)33)25(31)16-6-8-17(34-2)9-7-16/h5-14,24,31H,1-4H3/t24-/m1/s1. The van der Waals surface area contributed by atoms with Crippen LogP contribution in [-0.2, 0) is 9.59 Å². The summed E-state index contributed by atoms with van der Waals surface area (Å²) < 4.78 is 17.1. The summed E-state index contributed by atoms with van der Waals surface area (Å²) in [6.07, 6.45) is 0. The van der Waals surface area contributed by atoms with E-state index in [1.54, 1.807) is 42.5 Å². The van der Waals surface area contributed by atoms with Crippen molar-refractivity contribution >= 4 is 44.1 Å². The normalized spacial score (nSPS) is 16.9. The molecule has 188 valence electrons. The van der Waals surface area contributed by atoms with Gasteiger partial charge in [0.15, 0.2) is 5.13 Å². The Bertz CT molecular complexity index is 1560. The fourth-order valence-electron chi connectivity index (χ4n) is 4.40. The van der Waals surface area contributed by atoms with Gasteiger partial charge in [-0.3, -0.25) is 14.5 Å². The number of aryl methyl sites for hydroxylation is 1. The number of Topliss-reactive ketones (excluding diaryl/α,β-unsaturated/α-hetero) is 1. The molecule has 2 heterocycles. The van der Waals surface area contributed by atoms with Gasteiger partial charge in [0.25, 0.3) is 5.78 Å². The number of aliphatic hydroxyl groups excluding tert-OH is 1. The van der Waals surface area contributed by atoms with Crippen LogP contribution >= 0.6 is 11.3 Å². The second-order valence-electron chi connectivity index (χ2n) is 8.47. The minimum Gasteiger partial charge on any atom is -0.507 e. The summed E-state index contributed by atoms with van der Waals surface area (Å²) in [7, 11) is 4.56. The SMILES string of the molecule is COc1ccc(C(O)=C2C(=O)C(=O)N(c3nc4ccc(C)cc4s3)[C@@H]2c2cc(OC)ccc2OC)cc1. The van der Waals surface area contributed by atoms with E-state index in [2.05, 4.69) is 4.98 Å². The maximum Gasteiger partial charge on any atom is 0.301 e. The molecule has 1 atom stereocenters. The highest BCUT2D eigenvalue weighted by Gasteiger charge is 2.49. The molecular weight excluding hydrogens is 492 g/mol. The summed E-state index contributed by atoms with van der Waals surface area (Å²) in [5.74, 6) is -0.400. The molecule has 3 aromatic carbocycles. The van der Waals surface area contributed by atoms with Crippen molar-refractivity contribution in [3.05, 3.63) is 82.9 Å². The molecule has 0 bridgehead atoms. The summed E-state index contributed by atoms with van der Waals surface area (Å²) in [5.41, 5.74) is 2.53. The molecule has 4 aromatic rings. The third kappa shape index (κ3) is 4.17. The highest BCUT2D eigenvalue weighted by Crippen LogP contribution is 2.47. The van der Waals surface area contributed by atoms with E-state index in [1.165, 1.54) is 37.6 Å². The first-order valence-electron chi connectivity index (χ1n) is 11.4. The van der Waals surface area contributed by atoms with Crippen molar-refractivity contribution in [3.63, 3.8) is 0 Å². The fourth-order valence-corrected chi connectivity index (χ4v) is 5.49. The molecule has 1 amide bonds. The van der Waals surface area contributed by atoms with E-state index in [1.807, 2.05) is 25.1 Å². The van der Waals surface area contributed by atoms with Crippen molar-refractivity contribution in [2.45, 2.75) is 13.0 Å². The highest BCUT2D eigenvalue weighted by molar-refractivity contribution is 7.22. The largest absolute Gasteiger partial charge is 0.507 e. The molecule has 1 aromatic heterocycles. The van der Waals surface area contributed by atoms with Crippen molar-refractivity contribution in [1.29, 1.82) is 0 Å². The van der Waals surface area contributed by atoms with Crippen LogP contribution in [0.1, 0.15) is 22.7 Å². The molecular formula is C28H24N2O6S. The molecule has 1 aliphatic rings. The summed E-state index contributed by atoms with van der Waals surface area (Å²) in [6, 6.07) is 16.5. The van der Waals surface area contributed by atoms with Gasteiger partial charge in [-0.25, -0.2) is 4.98 Å². The van der Waals surface area contributed by atoms with Crippen LogP contribution in [0.5, 0.6) is 17.2 Å². The second-order valence-corrected chi connectivity index (χ2v) is 9.48. The zero-order chi connectivity index (χ0) is 26.3. The van der Waals surface area contributed by atoms with Gasteiger partial charge in [-0.15, -0.1) is 0 Å². The van der Waals surface area contributed by atoms with E-state index in [0.717, 1.165) is 10.3 Å². The minimum atomic E-state index is -1.01. The lowest BCUT2D eigenvalue weighted by atomic mass is 9.94. The van der Waals surface area contributed by atoms with E-state index in [-0.39, 0.29) is 11.3 Å². The van der Waals surface area contributed by atoms with Crippen LogP contribution in [0, 0.1) is 6.92 Å². The molecule has 0 saturated carbocycles. The van der Waals surface area contributed by atoms with Crippen LogP contribution in [0.2, 0.25) is 0 Å². The summed E-state index contributed by atoms with van der Waals surface area (Å²) >= 11 is 1.30. The van der Waals surface area contributed by atoms with Crippen LogP contribution in [0.15, 0.2) is 66.2 Å². The number of aromatic nitrogens is 1. The maximum atomic E-state index is 13.5. The third-order valence-corrected chi connectivity index (χ3v) is 7.30. The van der Waals surface area contributed by atoms with Gasteiger partial charge in [0.1, 0.15) is 29.0 Å². The fraction of sp³-hybridized carbons (Fsp3) is 0.179. The molecule has 5 rings (SSSR count). The zero-order valence-corrected chi connectivity index (χ0v) is 21.5. The van der Waals surface area contributed by atoms with Gasteiger partial charge in [-0.1, -0.05) is 17.4 Å². The third-order valence-electron chi connectivity index (χ3n) is 6.28. The lowest BCUT2D eigenvalue weighted by Gasteiger charge is -2.25. The molecule has 9 heteroatoms. The maximum absolute atomic E-state index is 13.5. The smallest absolute Gasteiger partial charge is 0.301 e. The first-order valence-corrected chi connectivity index (χ1v) is 12.2. The van der Waals surface area contributed by atoms with Gasteiger partial charge in [-0.2, -0.15) is 0 Å². The average molecular weight is 517 g/mol. The van der Waals surface area contributed by atoms with E-state index in [4.69, 9.17) is 14.2 Å². The molecule has 1 N–H and O–H groups in total. The van der Waals surface area contributed by atoms with Crippen LogP contribution in [0.25, 0.3) is 16.0 Å². The molecule has 1 aliphatic heterocycles. The summed E-state index contributed by atoms with van der Waals surface area (Å²) in [6.45, 7) is 1.97. The zero-order valence-electron chi connectivity index (χ0n) is 20.6. The molecule has 0 unspecified atom stereocenters. The first kappa shape index (κ1) is 24.3. The Hall–Kier alpha value is -4.37. The Morgan fingerprint density at radius 2 is 1.62 bits per heavy atom. The number of amides is 1. The minimum absolute atomic E-state index is 0.0721. The number of ether oxygens (including phenoxy) is 3. The number of hydrogen-bond donors (Lipinski definition) is 1. The number of carbonyl (C=O) groups excluding carboxylic acids is 2. The van der Waals surface area contributed by atoms with Crippen molar-refractivity contribution in [1.82, 2.24) is 4.98 Å². The van der Waals surface area contributed by atoms with Crippen LogP contribution in [-0.4, -0.2) is 43.1 Å². The molecule has 1 fully saturated rings. The van der Waals surface area contributed by atoms with Crippen molar-refractivity contribution in [2.75, 3.05) is 26.2 Å². The Kier molecular flexibility index (Phi) is 6.31. The van der Waals surface area contributed by atoms with Gasteiger partial charge in [0.2, 0.25) is 0 Å². The topological polar surface area (TPSA) is 98.2 Å². The number of carbonyl (C=O) groups is 2. The number of nitrogens with zero attached hydrogens (tertiary/aromatic N) is 2. The van der Waals surface area contributed by atoms with E-state index >= 15 is 0 Å². The Morgan fingerprint density at radius 3 is 2.30 bits per heavy atom. The Morgan fingerprint density at radius 1 is 0.919 bits per heavy atom. The van der Waals surface area contributed by atoms with Gasteiger partial charge >= 0.3 is 5.91 Å². The Balaban J connectivity index is 1.77. The van der Waals surface area contributed by atoms with E-state index in [0.29, 0.717) is 39.0 Å². The quantitative estimate of drug-likeness (QED) is 0.212. The van der Waals surface area contributed by atoms with Crippen molar-refractivity contribution < 1.29 is 28.9 Å². The number of ketones is 1. The average Bonchev–Trinajstić information content (AvgIpc) is 3.45. The number of aliphatic hydroxyl groups is 1. The predicted octanol–water partition coefficient (Wildman–Crippen LogP) is 5.26. The number of thiazole rings is 1. The van der Waals surface area contributed by atoms with E-state index < -0.39 is 17.7 Å². The second kappa shape index (κ2) is 9.59. The molecule has 0 spiro atoms. The lowest BCUT2D eigenvalue weighted by Crippen LogP contribution is -2.29. The van der Waals surface area contributed by atoms with E-state index in [9.17, 15) is 14.7 Å². The van der Waals surface area contributed by atoms with Crippen molar-refractivity contribution in [2.24, 2.45) is 0 Å². The summed E-state index contributed by atoms with van der Waals surface area (Å²) in [4.78, 5) is 33.0. The van der Waals surface area contributed by atoms with Crippen LogP contribution < -0.4 is 19.1 Å². The lowest BCUT2D eigenvalue weighted by molar-refractivity contribution is -0.132. The first-order chi connectivity index (χ1) is 17.9. The van der Waals surface area contributed by atoms with Gasteiger partial charge < -0.3 is 19.3 Å². The molecule has 1 saturated heterocycles. The van der Waals surface area contributed by atoms with Gasteiger partial charge in [0.05, 0.1) is 37.1 Å². The molecule has 0 radical (unpaired) electrons. The number of rotatable bonds is 6. The summed E-state index contributed by atoms with van der Waals surface area (Å²) in [5, 5.41) is 11.7. The predicted molar refractivity (Wildman–Crippen MR) is 142 cm³/mol. The molecule has 37 heavy (non-hydrogen) atoms. The number of fused-ring (bicyclic) bond motifs is 1. The number of anilines is 1. The van der Waals surface area contributed by atoms with Gasteiger partial charge in [-0.05, 0) is 67.1 Å². The van der Waals surface area contributed by atoms with Gasteiger partial charge in [0, 0.05) is 11.1 Å². The number of methoxy groups -OCH3 is 3. The molecule has 8 nitrogen and oxygen atoms in total. The number of hydrogen-bond acceptors (Lipinski definition) is 8.